The van der Waals surface area contributed by atoms with Crippen LogP contribution in [-0.2, 0) is 45.7 Å². The minimum atomic E-state index is -5.98. The Kier molecular flexibility index (Phi) is 11.8. The van der Waals surface area contributed by atoms with Gasteiger partial charge in [-0.15, -0.1) is 0 Å². The lowest BCUT2D eigenvalue weighted by atomic mass is 9.42. The van der Waals surface area contributed by atoms with E-state index in [1.54, 1.807) is 6.92 Å². The number of fused-ring (bicyclic) bond motifs is 8. The summed E-state index contributed by atoms with van der Waals surface area (Å²) in [6.07, 6.45) is 0.883. The Bertz CT molecular complexity index is 2320. The van der Waals surface area contributed by atoms with Crippen LogP contribution in [0.25, 0.3) is 11.1 Å². The number of aliphatic hydroxyl groups excluding tert-OH is 1. The number of phosphoric acid groups is 3. The third kappa shape index (κ3) is 7.59. The van der Waals surface area contributed by atoms with E-state index in [1.165, 1.54) is 32.1 Å². The van der Waals surface area contributed by atoms with Crippen LogP contribution >= 0.6 is 23.5 Å². The van der Waals surface area contributed by atoms with Gasteiger partial charge < -0.3 is 40.7 Å². The number of carbonyl (C=O) groups is 3. The first-order valence-corrected chi connectivity index (χ1v) is 24.0. The van der Waals surface area contributed by atoms with Gasteiger partial charge >= 0.3 is 29.6 Å². The highest BCUT2D eigenvalue weighted by molar-refractivity contribution is 7.66. The number of nitrogens with two attached hydrogens (primary N) is 1. The maximum atomic E-state index is 17.6. The van der Waals surface area contributed by atoms with Crippen molar-refractivity contribution in [2.45, 2.75) is 75.3 Å². The molecule has 332 valence electrons. The molecule has 61 heavy (non-hydrogen) atoms. The van der Waals surface area contributed by atoms with Gasteiger partial charge in [0.15, 0.2) is 17.2 Å². The average Bonchev–Trinajstić information content (AvgIpc) is 3.57. The molecule has 3 saturated carbocycles. The number of aliphatic hydroxyl groups is 2. The second kappa shape index (κ2) is 15.8. The molecule has 1 amide bonds. The van der Waals surface area contributed by atoms with Crippen LogP contribution in [-0.4, -0.2) is 91.8 Å². The number of alkyl carbamates (subject to hydrolysis) is 1. The number of amides is 1. The first-order valence-electron chi connectivity index (χ1n) is 19.5. The molecule has 0 aliphatic heterocycles. The zero-order chi connectivity index (χ0) is 44.6. The summed E-state index contributed by atoms with van der Waals surface area (Å²) in [5.74, 6) is -4.00. The summed E-state index contributed by atoms with van der Waals surface area (Å²) in [6, 6.07) is 15.3. The van der Waals surface area contributed by atoms with Crippen molar-refractivity contribution in [1.82, 2.24) is 5.32 Å². The highest BCUT2D eigenvalue weighted by atomic mass is 31.3. The van der Waals surface area contributed by atoms with Gasteiger partial charge in [0.05, 0.1) is 12.7 Å². The Hall–Kier alpha value is -3.25. The number of hydrogen-bond donors (Lipinski definition) is 7. The Labute approximate surface area is 350 Å². The van der Waals surface area contributed by atoms with Gasteiger partial charge in [0.2, 0.25) is 0 Å². The number of carbonyl (C=O) groups excluding carboxylic acids is 3. The normalized spacial score (nSPS) is 35.5. The minimum Gasteiger partial charge on any atom is -0.449 e. The molecule has 8 N–H and O–H groups in total. The molecule has 0 heterocycles. The van der Waals surface area contributed by atoms with E-state index >= 15 is 4.39 Å². The van der Waals surface area contributed by atoms with Gasteiger partial charge in [-0.2, -0.15) is 8.62 Å². The highest BCUT2D eigenvalue weighted by Crippen LogP contribution is 2.72. The minimum absolute atomic E-state index is 0.0297. The molecule has 3 fully saturated rings. The lowest BCUT2D eigenvalue weighted by Gasteiger charge is -2.66. The third-order valence-electron chi connectivity index (χ3n) is 13.7. The van der Waals surface area contributed by atoms with E-state index in [1.807, 2.05) is 48.5 Å². The number of phosphoric ester groups is 2. The summed E-state index contributed by atoms with van der Waals surface area (Å²) in [5.41, 5.74) is 1.72. The van der Waals surface area contributed by atoms with Gasteiger partial charge in [-0.25, -0.2) is 22.9 Å². The molecule has 0 aromatic heterocycles. The fourth-order valence-electron chi connectivity index (χ4n) is 10.8. The molecule has 5 aliphatic rings. The number of nitrogens with one attached hydrogen (secondary N) is 1. The molecular formula is C39H48FN2O16P3. The van der Waals surface area contributed by atoms with Gasteiger partial charge in [-0.1, -0.05) is 74.0 Å². The highest BCUT2D eigenvalue weighted by Gasteiger charge is 2.80. The molecule has 22 heteroatoms. The lowest BCUT2D eigenvalue weighted by molar-refractivity contribution is -0.226. The third-order valence-corrected chi connectivity index (χ3v) is 17.9. The van der Waals surface area contributed by atoms with Crippen molar-refractivity contribution >= 4 is 41.1 Å². The largest absolute Gasteiger partial charge is 0.490 e. The van der Waals surface area contributed by atoms with Crippen LogP contribution in [0, 0.1) is 22.7 Å². The van der Waals surface area contributed by atoms with Crippen molar-refractivity contribution in [3.63, 3.8) is 0 Å². The molecule has 0 saturated heterocycles. The molecule has 18 nitrogen and oxygen atoms in total. The van der Waals surface area contributed by atoms with Crippen LogP contribution in [0.3, 0.4) is 0 Å². The lowest BCUT2D eigenvalue weighted by Crippen LogP contribution is -2.78. The summed E-state index contributed by atoms with van der Waals surface area (Å²) < 4.78 is 78.2. The molecule has 2 aromatic rings. The van der Waals surface area contributed by atoms with Crippen molar-refractivity contribution in [3.05, 3.63) is 83.5 Å². The molecule has 11 atom stereocenters. The molecule has 0 spiro atoms. The Morgan fingerprint density at radius 3 is 2.15 bits per heavy atom. The second-order valence-corrected chi connectivity index (χ2v) is 21.4. The van der Waals surface area contributed by atoms with E-state index in [0.29, 0.717) is 5.57 Å². The number of ketones is 2. The summed E-state index contributed by atoms with van der Waals surface area (Å²) in [5, 5.41) is 26.0. The monoisotopic (exact) mass is 912 g/mol. The number of ether oxygens (including phenoxy) is 1. The molecule has 3 unspecified atom stereocenters. The van der Waals surface area contributed by atoms with Crippen LogP contribution in [0.15, 0.2) is 72.3 Å². The van der Waals surface area contributed by atoms with E-state index in [0.717, 1.165) is 22.3 Å². The van der Waals surface area contributed by atoms with Gasteiger partial charge in [0.25, 0.3) is 0 Å². The van der Waals surface area contributed by atoms with E-state index in [4.69, 9.17) is 10.5 Å². The van der Waals surface area contributed by atoms with Crippen LogP contribution in [0.1, 0.15) is 63.5 Å². The number of allylic oxidation sites excluding steroid dienone is 4. The van der Waals surface area contributed by atoms with E-state index in [-0.39, 0.29) is 37.6 Å². The number of halogens is 1. The fourth-order valence-corrected chi connectivity index (χ4v) is 14.3. The van der Waals surface area contributed by atoms with E-state index in [2.05, 4.69) is 23.0 Å². The molecular weight excluding hydrogens is 864 g/mol. The summed E-state index contributed by atoms with van der Waals surface area (Å²) in [6.45, 7) is 1.73. The van der Waals surface area contributed by atoms with Crippen LogP contribution in [0.4, 0.5) is 9.18 Å². The Morgan fingerprint density at radius 2 is 1.52 bits per heavy atom. The molecule has 5 aliphatic carbocycles. The number of alkyl halides is 1. The summed E-state index contributed by atoms with van der Waals surface area (Å²) in [4.78, 5) is 68.8. The summed E-state index contributed by atoms with van der Waals surface area (Å²) in [7, 11) is -17.3. The number of benzene rings is 2. The fraction of sp³-hybridized carbons (Fsp3) is 0.513. The first kappa shape index (κ1) is 45.8. The number of hydrogen-bond acceptors (Lipinski definition) is 14. The van der Waals surface area contributed by atoms with Crippen LogP contribution in [0.2, 0.25) is 0 Å². The smallest absolute Gasteiger partial charge is 0.449 e. The van der Waals surface area contributed by atoms with Gasteiger partial charge in [-0.05, 0) is 72.9 Å². The summed E-state index contributed by atoms with van der Waals surface area (Å²) >= 11 is 0. The molecule has 2 aromatic carbocycles. The SMILES string of the molecule is C[C@@H]1C[C@@]2(N)[C@@H]3CCC4=CC(=O)C=C[C@]4(C)[C@@]3(F)[C@@H](O)C[C@]2(C)[C@@]1(O)C(=O)COP(=O)(O)OP(=O)(O)OP(=O)(O)OCCNC(=O)OCC1c2ccccc2-c2ccccc21. The molecule has 7 rings (SSSR count). The van der Waals surface area contributed by atoms with E-state index in [9.17, 15) is 53.0 Å². The number of Topliss-reactive ketones (excluding diaryl/α,β-unsaturated/α-hetero) is 1. The average molecular weight is 913 g/mol. The van der Waals surface area contributed by atoms with Crippen molar-refractivity contribution < 1.29 is 79.8 Å². The van der Waals surface area contributed by atoms with Crippen molar-refractivity contribution in [3.8, 4) is 11.1 Å². The standard InChI is InChI=1S/C39H48FN2O16P3/c1-23-19-37(41)31-13-12-24-18-25(43)14-15-35(24,2)38(31,40)32(44)20-36(37,3)39(23,47)33(45)22-56-60(50,51)58-61(52,53)57-59(48,49)55-17-16-42-34(46)54-21-30-28-10-6-4-8-26(28)27-9-5-7-11-29(27)30/h4-11,14-15,18,23,30-32,44,47H,12-13,16-17,19-22,41H2,1-3H3,(H,42,46)(H,48,49)(H,50,51)(H,52,53)/t23-,31+,32+,35+,36+,37-,38+,39+/m1/s1. The topological polar surface area (TPSA) is 288 Å². The maximum absolute atomic E-state index is 17.6. The van der Waals surface area contributed by atoms with E-state index < -0.39 is 107 Å². The zero-order valence-corrected chi connectivity index (χ0v) is 36.0. The molecule has 0 bridgehead atoms. The van der Waals surface area contributed by atoms with Crippen molar-refractivity contribution in [1.29, 1.82) is 0 Å². The Morgan fingerprint density at radius 1 is 0.934 bits per heavy atom. The van der Waals surface area contributed by atoms with Gasteiger partial charge in [-0.3, -0.25) is 18.6 Å². The zero-order valence-electron chi connectivity index (χ0n) is 33.3. The van der Waals surface area contributed by atoms with Crippen molar-refractivity contribution in [2.75, 3.05) is 26.4 Å². The van der Waals surface area contributed by atoms with Gasteiger partial charge in [0.1, 0.15) is 18.8 Å². The predicted octanol–water partition coefficient (Wildman–Crippen LogP) is 4.89. The van der Waals surface area contributed by atoms with Crippen LogP contribution in [0.5, 0.6) is 0 Å². The first-order chi connectivity index (χ1) is 28.3. The van der Waals surface area contributed by atoms with Crippen molar-refractivity contribution in [2.24, 2.45) is 28.4 Å². The Balaban J connectivity index is 0.915. The second-order valence-electron chi connectivity index (χ2n) is 16.8. The predicted molar refractivity (Wildman–Crippen MR) is 213 cm³/mol. The molecule has 0 radical (unpaired) electrons. The van der Waals surface area contributed by atoms with Crippen LogP contribution < -0.4 is 11.1 Å². The van der Waals surface area contributed by atoms with Gasteiger partial charge in [0, 0.05) is 34.7 Å². The number of rotatable bonds is 14. The maximum Gasteiger partial charge on any atom is 0.490 e. The quantitative estimate of drug-likeness (QED) is 0.0981.